The van der Waals surface area contributed by atoms with Gasteiger partial charge < -0.3 is 10.4 Å². The molecule has 0 aromatic rings. The molecular weight excluding hydrogens is 270 g/mol. The molecule has 0 aliphatic heterocycles. The van der Waals surface area contributed by atoms with Crippen molar-refractivity contribution in [2.45, 2.75) is 59.3 Å². The fourth-order valence-electron chi connectivity index (χ4n) is 1.63. The van der Waals surface area contributed by atoms with Crippen molar-refractivity contribution < 1.29 is 19.5 Å². The zero-order valence-electron chi connectivity index (χ0n) is 13.3. The molecule has 0 saturated carbocycles. The van der Waals surface area contributed by atoms with E-state index in [0.29, 0.717) is 19.4 Å². The summed E-state index contributed by atoms with van der Waals surface area (Å²) in [7, 11) is 0. The van der Waals surface area contributed by atoms with Gasteiger partial charge in [0.25, 0.3) is 0 Å². The highest BCUT2D eigenvalue weighted by Gasteiger charge is 2.24. The van der Waals surface area contributed by atoms with Gasteiger partial charge in [-0.1, -0.05) is 33.8 Å². The topological polar surface area (TPSA) is 83.5 Å². The molecule has 0 aliphatic carbocycles. The summed E-state index contributed by atoms with van der Waals surface area (Å²) in [5.74, 6) is -1.16. The number of nitrogens with one attached hydrogen (secondary N) is 1. The van der Waals surface area contributed by atoms with Crippen LogP contribution in [0.5, 0.6) is 0 Å². The molecule has 0 aromatic carbocycles. The van der Waals surface area contributed by atoms with Crippen molar-refractivity contribution in [1.29, 1.82) is 0 Å². The molecular formula is C16H27NO4. The number of hydrogen-bond acceptors (Lipinski definition) is 3. The van der Waals surface area contributed by atoms with E-state index in [4.69, 9.17) is 5.11 Å². The molecule has 5 heteroatoms. The first kappa shape index (κ1) is 19.4. The van der Waals surface area contributed by atoms with Crippen LogP contribution in [0.25, 0.3) is 0 Å². The third kappa shape index (κ3) is 8.27. The monoisotopic (exact) mass is 297 g/mol. The van der Waals surface area contributed by atoms with E-state index in [1.165, 1.54) is 0 Å². The summed E-state index contributed by atoms with van der Waals surface area (Å²) in [5.41, 5.74) is -0.401. The lowest BCUT2D eigenvalue weighted by atomic mass is 9.89. The Labute approximate surface area is 126 Å². The number of carbonyl (C=O) groups is 3. The van der Waals surface area contributed by atoms with Gasteiger partial charge >= 0.3 is 5.97 Å². The van der Waals surface area contributed by atoms with Gasteiger partial charge in [0.15, 0.2) is 0 Å². The van der Waals surface area contributed by atoms with Gasteiger partial charge in [0, 0.05) is 30.4 Å². The molecule has 0 fully saturated rings. The van der Waals surface area contributed by atoms with Crippen molar-refractivity contribution >= 4 is 17.7 Å². The van der Waals surface area contributed by atoms with Crippen LogP contribution in [0.1, 0.15) is 59.3 Å². The summed E-state index contributed by atoms with van der Waals surface area (Å²) in [5, 5.41) is 11.5. The number of ketones is 1. The van der Waals surface area contributed by atoms with E-state index in [2.05, 4.69) is 11.9 Å². The van der Waals surface area contributed by atoms with Gasteiger partial charge in [-0.25, -0.2) is 4.79 Å². The van der Waals surface area contributed by atoms with Crippen LogP contribution in [0.4, 0.5) is 0 Å². The Hall–Kier alpha value is -1.65. The van der Waals surface area contributed by atoms with E-state index >= 15 is 0 Å². The van der Waals surface area contributed by atoms with Crippen LogP contribution in [0.3, 0.4) is 0 Å². The first-order valence-electron chi connectivity index (χ1n) is 7.41. The number of aliphatic carboxylic acids is 1. The van der Waals surface area contributed by atoms with Crippen LogP contribution < -0.4 is 5.32 Å². The lowest BCUT2D eigenvalue weighted by Crippen LogP contribution is -2.36. The highest BCUT2D eigenvalue weighted by Crippen LogP contribution is 2.19. The van der Waals surface area contributed by atoms with Gasteiger partial charge in [-0.05, 0) is 19.3 Å². The maximum Gasteiger partial charge on any atom is 0.331 e. The highest BCUT2D eigenvalue weighted by molar-refractivity contribution is 5.94. The lowest BCUT2D eigenvalue weighted by Gasteiger charge is -2.21. The standard InChI is InChI=1S/C16H27NO4/c1-5-16(3,4)15(21)17-10-8-6-7-9-13(18)11-12(2)14(19)20/h2,5-11H2,1,3-4H3,(H,17,21)(H,19,20). The fraction of sp³-hybridized carbons (Fsp3) is 0.688. The largest absolute Gasteiger partial charge is 0.478 e. The van der Waals surface area contributed by atoms with Crippen LogP contribution >= 0.6 is 0 Å². The van der Waals surface area contributed by atoms with Crippen LogP contribution in [0.2, 0.25) is 0 Å². The maximum absolute atomic E-state index is 11.8. The van der Waals surface area contributed by atoms with Crippen LogP contribution in [-0.2, 0) is 14.4 Å². The second-order valence-electron chi connectivity index (χ2n) is 5.93. The van der Waals surface area contributed by atoms with Crippen molar-refractivity contribution in [3.8, 4) is 0 Å². The molecule has 0 aliphatic rings. The molecule has 0 saturated heterocycles. The molecule has 0 radical (unpaired) electrons. The second-order valence-corrected chi connectivity index (χ2v) is 5.93. The zero-order valence-corrected chi connectivity index (χ0v) is 13.3. The summed E-state index contributed by atoms with van der Waals surface area (Å²) in [6.07, 6.45) is 3.42. The zero-order chi connectivity index (χ0) is 16.5. The number of amides is 1. The normalized spacial score (nSPS) is 11.0. The summed E-state index contributed by atoms with van der Waals surface area (Å²) < 4.78 is 0. The van der Waals surface area contributed by atoms with Crippen molar-refractivity contribution in [3.63, 3.8) is 0 Å². The van der Waals surface area contributed by atoms with E-state index in [-0.39, 0.29) is 29.1 Å². The minimum atomic E-state index is -1.12. The number of Topliss-reactive ketones (excluding diaryl/α,β-unsaturated/α-hetero) is 1. The lowest BCUT2D eigenvalue weighted by molar-refractivity contribution is -0.134. The summed E-state index contributed by atoms with van der Waals surface area (Å²) in [4.78, 5) is 33.8. The minimum absolute atomic E-state index is 0.0545. The molecule has 0 unspecified atom stereocenters. The summed E-state index contributed by atoms with van der Waals surface area (Å²) in [6.45, 7) is 9.75. The van der Waals surface area contributed by atoms with E-state index in [1.54, 1.807) is 0 Å². The second kappa shape index (κ2) is 9.32. The minimum Gasteiger partial charge on any atom is -0.478 e. The van der Waals surface area contributed by atoms with Crippen LogP contribution in [0.15, 0.2) is 12.2 Å². The Morgan fingerprint density at radius 1 is 1.14 bits per heavy atom. The molecule has 5 nitrogen and oxygen atoms in total. The third-order valence-corrected chi connectivity index (χ3v) is 3.63. The van der Waals surface area contributed by atoms with Crippen molar-refractivity contribution in [2.75, 3.05) is 6.54 Å². The van der Waals surface area contributed by atoms with Crippen molar-refractivity contribution in [1.82, 2.24) is 5.32 Å². The van der Waals surface area contributed by atoms with E-state index in [9.17, 15) is 14.4 Å². The van der Waals surface area contributed by atoms with Crippen molar-refractivity contribution in [2.24, 2.45) is 5.41 Å². The first-order valence-corrected chi connectivity index (χ1v) is 7.41. The van der Waals surface area contributed by atoms with Gasteiger partial charge in [-0.15, -0.1) is 0 Å². The van der Waals surface area contributed by atoms with E-state index in [0.717, 1.165) is 19.3 Å². The number of carboxylic acid groups (broad SMARTS) is 1. The van der Waals surface area contributed by atoms with Crippen molar-refractivity contribution in [3.05, 3.63) is 12.2 Å². The average molecular weight is 297 g/mol. The smallest absolute Gasteiger partial charge is 0.331 e. The van der Waals surface area contributed by atoms with E-state index in [1.807, 2.05) is 20.8 Å². The fourth-order valence-corrected chi connectivity index (χ4v) is 1.63. The first-order chi connectivity index (χ1) is 9.70. The van der Waals surface area contributed by atoms with Gasteiger partial charge in [-0.2, -0.15) is 0 Å². The highest BCUT2D eigenvalue weighted by atomic mass is 16.4. The van der Waals surface area contributed by atoms with Gasteiger partial charge in [0.2, 0.25) is 5.91 Å². The maximum atomic E-state index is 11.8. The molecule has 2 N–H and O–H groups in total. The molecule has 0 atom stereocenters. The molecule has 0 rings (SSSR count). The number of hydrogen-bond donors (Lipinski definition) is 2. The van der Waals surface area contributed by atoms with Crippen LogP contribution in [-0.4, -0.2) is 29.3 Å². The molecule has 0 heterocycles. The molecule has 0 bridgehead atoms. The Bertz CT molecular complexity index is 399. The Balaban J connectivity index is 3.70. The average Bonchev–Trinajstić information content (AvgIpc) is 2.41. The molecule has 120 valence electrons. The predicted octanol–water partition coefficient (Wildman–Crippen LogP) is 2.70. The number of rotatable bonds is 11. The number of unbranched alkanes of at least 4 members (excludes halogenated alkanes) is 2. The van der Waals surface area contributed by atoms with Gasteiger partial charge in [0.1, 0.15) is 5.78 Å². The quantitative estimate of drug-likeness (QED) is 0.453. The molecule has 21 heavy (non-hydrogen) atoms. The Kier molecular flexibility index (Phi) is 8.58. The molecule has 0 aromatic heterocycles. The SMILES string of the molecule is C=C(CC(=O)CCCCCNC(=O)C(C)(C)CC)C(=O)O. The van der Waals surface area contributed by atoms with Crippen LogP contribution in [0, 0.1) is 5.41 Å². The summed E-state index contributed by atoms with van der Waals surface area (Å²) in [6, 6.07) is 0. The van der Waals surface area contributed by atoms with E-state index < -0.39 is 5.97 Å². The number of carbonyl (C=O) groups excluding carboxylic acids is 2. The predicted molar refractivity (Wildman–Crippen MR) is 81.9 cm³/mol. The molecule has 0 spiro atoms. The Morgan fingerprint density at radius 3 is 2.29 bits per heavy atom. The Morgan fingerprint density at radius 2 is 1.76 bits per heavy atom. The van der Waals surface area contributed by atoms with Gasteiger partial charge in [-0.3, -0.25) is 9.59 Å². The molecule has 1 amide bonds. The summed E-state index contributed by atoms with van der Waals surface area (Å²) >= 11 is 0. The number of carboxylic acids is 1. The van der Waals surface area contributed by atoms with Gasteiger partial charge in [0.05, 0.1) is 0 Å². The third-order valence-electron chi connectivity index (χ3n) is 3.63.